The van der Waals surface area contributed by atoms with E-state index < -0.39 is 0 Å². The molecule has 0 bridgehead atoms. The molecule has 2 fully saturated rings. The highest BCUT2D eigenvalue weighted by Crippen LogP contribution is 2.12. The van der Waals surface area contributed by atoms with Crippen molar-refractivity contribution in [3.05, 3.63) is 60.1 Å². The van der Waals surface area contributed by atoms with Gasteiger partial charge in [0, 0.05) is 45.8 Å². The summed E-state index contributed by atoms with van der Waals surface area (Å²) in [4.78, 5) is 33.6. The van der Waals surface area contributed by atoms with Gasteiger partial charge >= 0.3 is 0 Å². The lowest BCUT2D eigenvalue weighted by molar-refractivity contribution is -0.138. The van der Waals surface area contributed by atoms with Crippen molar-refractivity contribution in [3.63, 3.8) is 0 Å². The maximum absolute atomic E-state index is 13.0. The molecule has 1 aromatic carbocycles. The second kappa shape index (κ2) is 11.3. The van der Waals surface area contributed by atoms with Gasteiger partial charge in [0.05, 0.1) is 39.1 Å². The average Bonchev–Trinajstić information content (AvgIpc) is 3.34. The summed E-state index contributed by atoms with van der Waals surface area (Å²) in [6, 6.07) is 14.0. The lowest BCUT2D eigenvalue weighted by Gasteiger charge is -2.36. The molecule has 0 spiro atoms. The molecule has 32 heavy (non-hydrogen) atoms. The fourth-order valence-corrected chi connectivity index (χ4v) is 4.18. The Bertz CT molecular complexity index is 844. The first-order chi connectivity index (χ1) is 15.7. The van der Waals surface area contributed by atoms with Gasteiger partial charge in [0.1, 0.15) is 5.76 Å². The number of hydrogen-bond donors (Lipinski definition) is 0. The number of benzene rings is 1. The minimum atomic E-state index is 0.117. The van der Waals surface area contributed by atoms with Gasteiger partial charge in [-0.05, 0) is 17.7 Å². The topological polar surface area (TPSA) is 69.5 Å². The molecule has 2 aliphatic heterocycles. The van der Waals surface area contributed by atoms with Crippen LogP contribution in [-0.2, 0) is 27.4 Å². The van der Waals surface area contributed by atoms with Crippen LogP contribution in [0.15, 0.2) is 53.1 Å². The first kappa shape index (κ1) is 22.5. The fourth-order valence-electron chi connectivity index (χ4n) is 4.18. The van der Waals surface area contributed by atoms with Crippen LogP contribution in [0.2, 0.25) is 0 Å². The van der Waals surface area contributed by atoms with Crippen LogP contribution in [0.1, 0.15) is 11.3 Å². The highest BCUT2D eigenvalue weighted by Gasteiger charge is 2.26. The van der Waals surface area contributed by atoms with Gasteiger partial charge in [-0.3, -0.25) is 19.4 Å². The molecule has 8 heteroatoms. The number of nitrogens with zero attached hydrogens (tertiary/aromatic N) is 4. The summed E-state index contributed by atoms with van der Waals surface area (Å²) >= 11 is 0. The number of carbonyl (C=O) groups excluding carboxylic acids is 2. The molecular formula is C24H32N4O4. The van der Waals surface area contributed by atoms with Gasteiger partial charge in [-0.15, -0.1) is 0 Å². The largest absolute Gasteiger partial charge is 0.468 e. The van der Waals surface area contributed by atoms with Crippen molar-refractivity contribution in [1.29, 1.82) is 0 Å². The number of amides is 2. The van der Waals surface area contributed by atoms with E-state index in [1.54, 1.807) is 6.26 Å². The molecule has 2 saturated heterocycles. The highest BCUT2D eigenvalue weighted by molar-refractivity contribution is 5.79. The molecular weight excluding hydrogens is 408 g/mol. The minimum Gasteiger partial charge on any atom is -0.468 e. The van der Waals surface area contributed by atoms with E-state index in [1.807, 2.05) is 40.1 Å². The van der Waals surface area contributed by atoms with E-state index in [9.17, 15) is 9.59 Å². The molecule has 0 radical (unpaired) electrons. The molecule has 172 valence electrons. The van der Waals surface area contributed by atoms with E-state index in [0.29, 0.717) is 65.6 Å². The van der Waals surface area contributed by atoms with Gasteiger partial charge in [0.15, 0.2) is 0 Å². The van der Waals surface area contributed by atoms with E-state index in [2.05, 4.69) is 21.9 Å². The average molecular weight is 441 g/mol. The molecule has 2 aromatic rings. The molecule has 2 aliphatic rings. The van der Waals surface area contributed by atoms with Gasteiger partial charge in [0.2, 0.25) is 11.8 Å². The van der Waals surface area contributed by atoms with E-state index in [4.69, 9.17) is 9.15 Å². The SMILES string of the molecule is O=C(CN1CCN(C(=O)CN(Cc2ccccc2)Cc2ccco2)CC1)N1CCOCC1. The smallest absolute Gasteiger partial charge is 0.236 e. The zero-order valence-electron chi connectivity index (χ0n) is 18.5. The zero-order chi connectivity index (χ0) is 22.2. The fraction of sp³-hybridized carbons (Fsp3) is 0.500. The summed E-state index contributed by atoms with van der Waals surface area (Å²) in [5.74, 6) is 1.12. The van der Waals surface area contributed by atoms with Crippen LogP contribution in [0.25, 0.3) is 0 Å². The maximum atomic E-state index is 13.0. The lowest BCUT2D eigenvalue weighted by Crippen LogP contribution is -2.54. The Balaban J connectivity index is 1.27. The Labute approximate surface area is 189 Å². The van der Waals surface area contributed by atoms with Gasteiger partial charge in [-0.25, -0.2) is 0 Å². The quantitative estimate of drug-likeness (QED) is 0.616. The number of ether oxygens (including phenoxy) is 1. The summed E-state index contributed by atoms with van der Waals surface area (Å²) in [5.41, 5.74) is 1.17. The Kier molecular flexibility index (Phi) is 7.92. The van der Waals surface area contributed by atoms with Crippen LogP contribution >= 0.6 is 0 Å². The molecule has 1 aromatic heterocycles. The standard InChI is InChI=1S/C24H32N4O4/c29-23(28-12-15-31-16-13-28)19-25-8-10-27(11-9-25)24(30)20-26(18-22-7-4-14-32-22)17-21-5-2-1-3-6-21/h1-7,14H,8-13,15-20H2. The lowest BCUT2D eigenvalue weighted by atomic mass is 10.2. The molecule has 0 unspecified atom stereocenters. The Morgan fingerprint density at radius 3 is 2.22 bits per heavy atom. The molecule has 0 aliphatic carbocycles. The molecule has 2 amide bonds. The van der Waals surface area contributed by atoms with E-state index >= 15 is 0 Å². The predicted molar refractivity (Wildman–Crippen MR) is 120 cm³/mol. The van der Waals surface area contributed by atoms with Gasteiger partial charge < -0.3 is 19.0 Å². The number of morpholine rings is 1. The molecule has 3 heterocycles. The Morgan fingerprint density at radius 2 is 1.53 bits per heavy atom. The van der Waals surface area contributed by atoms with Crippen molar-refractivity contribution in [2.24, 2.45) is 0 Å². The van der Waals surface area contributed by atoms with Crippen molar-refractivity contribution in [2.75, 3.05) is 65.6 Å². The van der Waals surface area contributed by atoms with E-state index in [1.165, 1.54) is 5.56 Å². The van der Waals surface area contributed by atoms with E-state index in [0.717, 1.165) is 18.8 Å². The van der Waals surface area contributed by atoms with Gasteiger partial charge in [-0.1, -0.05) is 30.3 Å². The van der Waals surface area contributed by atoms with Crippen molar-refractivity contribution >= 4 is 11.8 Å². The molecule has 0 atom stereocenters. The third-order valence-corrected chi connectivity index (χ3v) is 6.02. The zero-order valence-corrected chi connectivity index (χ0v) is 18.5. The van der Waals surface area contributed by atoms with Crippen LogP contribution in [0, 0.1) is 0 Å². The van der Waals surface area contributed by atoms with Crippen molar-refractivity contribution in [2.45, 2.75) is 13.1 Å². The third kappa shape index (κ3) is 6.41. The number of hydrogen-bond acceptors (Lipinski definition) is 6. The summed E-state index contributed by atoms with van der Waals surface area (Å²) in [6.45, 7) is 7.33. The van der Waals surface area contributed by atoms with Crippen molar-refractivity contribution in [3.8, 4) is 0 Å². The summed E-state index contributed by atoms with van der Waals surface area (Å²) in [7, 11) is 0. The second-order valence-corrected chi connectivity index (χ2v) is 8.36. The van der Waals surface area contributed by atoms with Crippen molar-refractivity contribution in [1.82, 2.24) is 19.6 Å². The number of carbonyl (C=O) groups is 2. The van der Waals surface area contributed by atoms with Crippen LogP contribution in [-0.4, -0.2) is 97.0 Å². The summed E-state index contributed by atoms with van der Waals surface area (Å²) in [5, 5.41) is 0. The summed E-state index contributed by atoms with van der Waals surface area (Å²) in [6.07, 6.45) is 1.66. The van der Waals surface area contributed by atoms with Crippen LogP contribution < -0.4 is 0 Å². The molecule has 4 rings (SSSR count). The Hall–Kier alpha value is -2.68. The van der Waals surface area contributed by atoms with Gasteiger partial charge in [-0.2, -0.15) is 0 Å². The van der Waals surface area contributed by atoms with E-state index in [-0.39, 0.29) is 11.8 Å². The maximum Gasteiger partial charge on any atom is 0.236 e. The first-order valence-corrected chi connectivity index (χ1v) is 11.3. The number of piperazine rings is 1. The van der Waals surface area contributed by atoms with Crippen LogP contribution in [0.3, 0.4) is 0 Å². The Morgan fingerprint density at radius 1 is 0.812 bits per heavy atom. The molecule has 8 nitrogen and oxygen atoms in total. The van der Waals surface area contributed by atoms with Crippen LogP contribution in [0.4, 0.5) is 0 Å². The van der Waals surface area contributed by atoms with Crippen molar-refractivity contribution < 1.29 is 18.7 Å². The predicted octanol–water partition coefficient (Wildman–Crippen LogP) is 1.28. The minimum absolute atomic E-state index is 0.117. The third-order valence-electron chi connectivity index (χ3n) is 6.02. The number of furan rings is 1. The monoisotopic (exact) mass is 440 g/mol. The highest BCUT2D eigenvalue weighted by atomic mass is 16.5. The van der Waals surface area contributed by atoms with Gasteiger partial charge in [0.25, 0.3) is 0 Å². The molecule has 0 N–H and O–H groups in total. The number of rotatable bonds is 8. The second-order valence-electron chi connectivity index (χ2n) is 8.36. The normalized spacial score (nSPS) is 17.7. The summed E-state index contributed by atoms with van der Waals surface area (Å²) < 4.78 is 10.8. The van der Waals surface area contributed by atoms with Crippen LogP contribution in [0.5, 0.6) is 0 Å². The molecule has 0 saturated carbocycles. The first-order valence-electron chi connectivity index (χ1n) is 11.3.